The zero-order valence-electron chi connectivity index (χ0n) is 18.2. The van der Waals surface area contributed by atoms with Crippen molar-refractivity contribution in [3.8, 4) is 5.75 Å². The molecule has 0 aliphatic rings. The summed E-state index contributed by atoms with van der Waals surface area (Å²) in [5.74, 6) is 1.94. The van der Waals surface area contributed by atoms with Crippen LogP contribution in [0.15, 0.2) is 53.5 Å². The lowest BCUT2D eigenvalue weighted by Crippen LogP contribution is -2.36. The lowest BCUT2D eigenvalue weighted by Gasteiger charge is -2.13. The summed E-state index contributed by atoms with van der Waals surface area (Å²) in [4.78, 5) is 16.7. The number of guanidine groups is 1. The van der Waals surface area contributed by atoms with Crippen LogP contribution in [0.2, 0.25) is 0 Å². The van der Waals surface area contributed by atoms with Gasteiger partial charge in [-0.25, -0.2) is 4.99 Å². The third-order valence-corrected chi connectivity index (χ3v) is 4.21. The molecule has 0 saturated carbocycles. The van der Waals surface area contributed by atoms with E-state index >= 15 is 0 Å². The van der Waals surface area contributed by atoms with Crippen LogP contribution in [0.25, 0.3) is 0 Å². The Morgan fingerprint density at radius 2 is 1.87 bits per heavy atom. The maximum absolute atomic E-state index is 12.0. The fraction of sp³-hybridized carbons (Fsp3) is 0.391. The van der Waals surface area contributed by atoms with Gasteiger partial charge >= 0.3 is 0 Å². The summed E-state index contributed by atoms with van der Waals surface area (Å²) in [5.41, 5.74) is 2.90. The van der Waals surface area contributed by atoms with E-state index in [4.69, 9.17) is 4.74 Å². The number of rotatable bonds is 9. The molecule has 7 heteroatoms. The van der Waals surface area contributed by atoms with Gasteiger partial charge in [0.2, 0.25) is 5.91 Å². The number of nitrogens with one attached hydrogen (secondary N) is 3. The summed E-state index contributed by atoms with van der Waals surface area (Å²) in [6, 6.07) is 15.7. The van der Waals surface area contributed by atoms with Crippen molar-refractivity contribution in [3.05, 3.63) is 59.7 Å². The van der Waals surface area contributed by atoms with Crippen LogP contribution in [0, 0.1) is 5.92 Å². The summed E-state index contributed by atoms with van der Waals surface area (Å²) in [6.45, 7) is 7.99. The molecule has 0 fully saturated rings. The maximum atomic E-state index is 12.0. The number of hydrogen-bond donors (Lipinski definition) is 3. The predicted octanol–water partition coefficient (Wildman–Crippen LogP) is 4.55. The van der Waals surface area contributed by atoms with Gasteiger partial charge in [-0.05, 0) is 36.6 Å². The van der Waals surface area contributed by atoms with Crippen molar-refractivity contribution in [1.82, 2.24) is 10.6 Å². The normalized spacial score (nSPS) is 10.9. The number of hydrogen-bond acceptors (Lipinski definition) is 3. The van der Waals surface area contributed by atoms with Gasteiger partial charge in [-0.3, -0.25) is 4.79 Å². The van der Waals surface area contributed by atoms with Crippen LogP contribution in [0.4, 0.5) is 5.69 Å². The van der Waals surface area contributed by atoms with Crippen LogP contribution in [-0.2, 0) is 17.9 Å². The van der Waals surface area contributed by atoms with Gasteiger partial charge < -0.3 is 20.7 Å². The fourth-order valence-electron chi connectivity index (χ4n) is 2.87. The number of para-hydroxylation sites is 1. The third-order valence-electron chi connectivity index (χ3n) is 4.21. The van der Waals surface area contributed by atoms with Crippen molar-refractivity contribution in [1.29, 1.82) is 0 Å². The first-order valence-electron chi connectivity index (χ1n) is 10.0. The van der Waals surface area contributed by atoms with Gasteiger partial charge in [0.25, 0.3) is 0 Å². The van der Waals surface area contributed by atoms with E-state index in [1.165, 1.54) is 0 Å². The number of amides is 1. The molecule has 0 aliphatic carbocycles. The molecule has 0 spiro atoms. The minimum Gasteiger partial charge on any atom is -0.496 e. The molecular weight excluding hydrogens is 491 g/mol. The first kappa shape index (κ1) is 25.7. The van der Waals surface area contributed by atoms with Crippen molar-refractivity contribution in [2.45, 2.75) is 40.3 Å². The zero-order chi connectivity index (χ0) is 21.1. The first-order chi connectivity index (χ1) is 14.0. The second-order valence-corrected chi connectivity index (χ2v) is 7.21. The van der Waals surface area contributed by atoms with Crippen LogP contribution in [0.3, 0.4) is 0 Å². The highest BCUT2D eigenvalue weighted by molar-refractivity contribution is 14.0. The summed E-state index contributed by atoms with van der Waals surface area (Å²) in [7, 11) is 1.67. The average Bonchev–Trinajstić information content (AvgIpc) is 2.70. The molecule has 2 rings (SSSR count). The quantitative estimate of drug-likeness (QED) is 0.256. The van der Waals surface area contributed by atoms with Crippen molar-refractivity contribution < 1.29 is 9.53 Å². The number of carbonyl (C=O) groups is 1. The summed E-state index contributed by atoms with van der Waals surface area (Å²) in [5, 5.41) is 9.55. The molecular formula is C23H33IN4O2. The van der Waals surface area contributed by atoms with E-state index in [-0.39, 0.29) is 29.9 Å². The fourth-order valence-corrected chi connectivity index (χ4v) is 2.87. The summed E-state index contributed by atoms with van der Waals surface area (Å²) < 4.78 is 5.40. The first-order valence-corrected chi connectivity index (χ1v) is 10.0. The second-order valence-electron chi connectivity index (χ2n) is 7.21. The molecule has 0 saturated heterocycles. The van der Waals surface area contributed by atoms with Crippen molar-refractivity contribution in [3.63, 3.8) is 0 Å². The third kappa shape index (κ3) is 9.02. The van der Waals surface area contributed by atoms with E-state index in [9.17, 15) is 4.79 Å². The van der Waals surface area contributed by atoms with Crippen LogP contribution in [0.1, 0.15) is 38.3 Å². The lowest BCUT2D eigenvalue weighted by atomic mass is 10.1. The number of aliphatic imine (C=N–C) groups is 1. The molecule has 3 N–H and O–H groups in total. The molecule has 0 unspecified atom stereocenters. The monoisotopic (exact) mass is 524 g/mol. The van der Waals surface area contributed by atoms with E-state index in [2.05, 4.69) is 20.9 Å². The van der Waals surface area contributed by atoms with Gasteiger partial charge in [-0.2, -0.15) is 0 Å². The van der Waals surface area contributed by atoms with E-state index in [0.717, 1.165) is 35.1 Å². The predicted molar refractivity (Wildman–Crippen MR) is 135 cm³/mol. The molecule has 0 aromatic heterocycles. The number of carbonyl (C=O) groups excluding carboxylic acids is 1. The Bertz CT molecular complexity index is 824. The zero-order valence-corrected chi connectivity index (χ0v) is 20.5. The molecule has 2 aromatic carbocycles. The number of nitrogens with zero attached hydrogens (tertiary/aromatic N) is 1. The largest absolute Gasteiger partial charge is 0.496 e. The lowest BCUT2D eigenvalue weighted by molar-refractivity contribution is -0.116. The highest BCUT2D eigenvalue weighted by atomic mass is 127. The summed E-state index contributed by atoms with van der Waals surface area (Å²) >= 11 is 0. The van der Waals surface area contributed by atoms with Gasteiger partial charge in [0.15, 0.2) is 5.96 Å². The second kappa shape index (κ2) is 13.8. The number of anilines is 1. The molecule has 30 heavy (non-hydrogen) atoms. The van der Waals surface area contributed by atoms with Crippen molar-refractivity contribution >= 4 is 41.5 Å². The molecule has 164 valence electrons. The molecule has 2 aromatic rings. The highest BCUT2D eigenvalue weighted by Gasteiger charge is 2.06. The van der Waals surface area contributed by atoms with Gasteiger partial charge in [0.1, 0.15) is 5.75 Å². The Balaban J connectivity index is 0.00000450. The Kier molecular flexibility index (Phi) is 11.9. The molecule has 0 heterocycles. The molecule has 0 bridgehead atoms. The van der Waals surface area contributed by atoms with Crippen LogP contribution < -0.4 is 20.7 Å². The minimum absolute atomic E-state index is 0. The Morgan fingerprint density at radius 1 is 1.10 bits per heavy atom. The molecule has 0 atom stereocenters. The van der Waals surface area contributed by atoms with E-state index in [1.54, 1.807) is 7.11 Å². The van der Waals surface area contributed by atoms with Gasteiger partial charge in [-0.15, -0.1) is 24.0 Å². The maximum Gasteiger partial charge on any atom is 0.224 e. The summed E-state index contributed by atoms with van der Waals surface area (Å²) in [6.07, 6.45) is 0.514. The van der Waals surface area contributed by atoms with Crippen LogP contribution in [0.5, 0.6) is 5.75 Å². The Morgan fingerprint density at radius 3 is 2.57 bits per heavy atom. The topological polar surface area (TPSA) is 74.8 Å². The van der Waals surface area contributed by atoms with Crippen molar-refractivity contribution in [2.75, 3.05) is 19.0 Å². The minimum atomic E-state index is 0. The van der Waals surface area contributed by atoms with E-state index in [1.807, 2.05) is 69.3 Å². The van der Waals surface area contributed by atoms with Gasteiger partial charge in [-0.1, -0.05) is 44.2 Å². The highest BCUT2D eigenvalue weighted by Crippen LogP contribution is 2.17. The smallest absolute Gasteiger partial charge is 0.224 e. The van der Waals surface area contributed by atoms with Crippen molar-refractivity contribution in [2.24, 2.45) is 10.9 Å². The number of methoxy groups -OCH3 is 1. The Labute approximate surface area is 196 Å². The molecule has 0 aliphatic heterocycles. The molecule has 1 amide bonds. The molecule has 0 radical (unpaired) electrons. The van der Waals surface area contributed by atoms with E-state index in [0.29, 0.717) is 25.4 Å². The van der Waals surface area contributed by atoms with Crippen LogP contribution >= 0.6 is 24.0 Å². The Hall–Kier alpha value is -2.29. The van der Waals surface area contributed by atoms with Gasteiger partial charge in [0, 0.05) is 30.8 Å². The van der Waals surface area contributed by atoms with Crippen LogP contribution in [-0.4, -0.2) is 25.5 Å². The SMILES string of the molecule is CCNC(=NCc1cccc(NC(=O)CC(C)C)c1)NCc1ccccc1OC.I. The average molecular weight is 524 g/mol. The number of halogens is 1. The number of benzene rings is 2. The van der Waals surface area contributed by atoms with Gasteiger partial charge in [0.05, 0.1) is 13.7 Å². The number of ether oxygens (including phenoxy) is 1. The van der Waals surface area contributed by atoms with E-state index < -0.39 is 0 Å². The standard InChI is InChI=1S/C23H32N4O2.HI/c1-5-24-23(26-16-19-10-6-7-12-21(19)29-4)25-15-18-9-8-11-20(14-18)27-22(28)13-17(2)3;/h6-12,14,17H,5,13,15-16H2,1-4H3,(H,27,28)(H2,24,25,26);1H. The molecule has 6 nitrogen and oxygen atoms in total.